The zero-order chi connectivity index (χ0) is 18.8. The molecule has 25 heavy (non-hydrogen) atoms. The predicted octanol–water partition coefficient (Wildman–Crippen LogP) is 4.89. The number of methoxy groups -OCH3 is 1. The van der Waals surface area contributed by atoms with E-state index in [4.69, 9.17) is 16.3 Å². The standard InChI is InChI=1S/C16H18BrClN2O4S/c1-16(2,3)24-15(22)20-13-9(14(17)19-20)5-6-10(12(13)18)25-8-7-11(21)23-4/h5-6H,7-8H2,1-4H3. The van der Waals surface area contributed by atoms with Crippen LogP contribution in [0.2, 0.25) is 5.02 Å². The Balaban J connectivity index is 2.36. The minimum absolute atomic E-state index is 0.268. The maximum absolute atomic E-state index is 12.4. The zero-order valence-electron chi connectivity index (χ0n) is 14.3. The van der Waals surface area contributed by atoms with Crippen molar-refractivity contribution in [2.24, 2.45) is 0 Å². The van der Waals surface area contributed by atoms with Gasteiger partial charge in [0.05, 0.1) is 18.6 Å². The molecule has 0 aliphatic rings. The first kappa shape index (κ1) is 20.1. The maximum Gasteiger partial charge on any atom is 0.435 e. The Bertz CT molecular complexity index is 817. The smallest absolute Gasteiger partial charge is 0.435 e. The molecular weight excluding hydrogens is 432 g/mol. The van der Waals surface area contributed by atoms with Crippen molar-refractivity contribution in [3.63, 3.8) is 0 Å². The Kier molecular flexibility index (Phi) is 6.40. The van der Waals surface area contributed by atoms with Crippen molar-refractivity contribution in [1.82, 2.24) is 9.78 Å². The van der Waals surface area contributed by atoms with Gasteiger partial charge in [-0.05, 0) is 48.8 Å². The molecule has 1 aromatic carbocycles. The van der Waals surface area contributed by atoms with Gasteiger partial charge in [0.25, 0.3) is 0 Å². The summed E-state index contributed by atoms with van der Waals surface area (Å²) in [6.45, 7) is 5.34. The molecule has 0 saturated heterocycles. The van der Waals surface area contributed by atoms with Crippen LogP contribution in [0.5, 0.6) is 0 Å². The molecule has 0 aliphatic heterocycles. The molecule has 0 atom stereocenters. The van der Waals surface area contributed by atoms with E-state index in [0.717, 1.165) is 9.58 Å². The van der Waals surface area contributed by atoms with E-state index in [1.807, 2.05) is 12.1 Å². The molecule has 0 N–H and O–H groups in total. The van der Waals surface area contributed by atoms with Crippen LogP contribution in [0.15, 0.2) is 21.6 Å². The topological polar surface area (TPSA) is 70.4 Å². The lowest BCUT2D eigenvalue weighted by Gasteiger charge is -2.19. The van der Waals surface area contributed by atoms with Gasteiger partial charge in [0.1, 0.15) is 15.7 Å². The first-order valence-corrected chi connectivity index (χ1v) is 9.59. The van der Waals surface area contributed by atoms with Crippen LogP contribution < -0.4 is 0 Å². The number of thioether (sulfide) groups is 1. The fraction of sp³-hybridized carbons (Fsp3) is 0.438. The fourth-order valence-corrected chi connectivity index (χ4v) is 3.77. The summed E-state index contributed by atoms with van der Waals surface area (Å²) < 4.78 is 11.7. The second-order valence-corrected chi connectivity index (χ2v) is 8.40. The Hall–Kier alpha value is -1.25. The SMILES string of the molecule is COC(=O)CCSc1ccc2c(Br)nn(C(=O)OC(C)(C)C)c2c1Cl. The Morgan fingerprint density at radius 3 is 2.64 bits per heavy atom. The van der Waals surface area contributed by atoms with E-state index in [1.54, 1.807) is 20.8 Å². The minimum atomic E-state index is -0.652. The number of hydrogen-bond donors (Lipinski definition) is 0. The van der Waals surface area contributed by atoms with Crippen molar-refractivity contribution in [2.75, 3.05) is 12.9 Å². The Morgan fingerprint density at radius 1 is 1.36 bits per heavy atom. The average molecular weight is 450 g/mol. The van der Waals surface area contributed by atoms with Crippen LogP contribution in [0.3, 0.4) is 0 Å². The van der Waals surface area contributed by atoms with E-state index in [1.165, 1.54) is 18.9 Å². The highest BCUT2D eigenvalue weighted by atomic mass is 79.9. The molecule has 0 spiro atoms. The third-order valence-corrected chi connectivity index (χ3v) is 5.20. The predicted molar refractivity (Wildman–Crippen MR) is 101 cm³/mol. The van der Waals surface area contributed by atoms with E-state index in [9.17, 15) is 9.59 Å². The van der Waals surface area contributed by atoms with Gasteiger partial charge in [0, 0.05) is 16.0 Å². The van der Waals surface area contributed by atoms with Crippen LogP contribution in [0.25, 0.3) is 10.9 Å². The Labute approximate surface area is 163 Å². The summed E-state index contributed by atoms with van der Waals surface area (Å²) in [6.07, 6.45) is -0.341. The summed E-state index contributed by atoms with van der Waals surface area (Å²) in [5.41, 5.74) is -0.188. The summed E-state index contributed by atoms with van der Waals surface area (Å²) in [6, 6.07) is 3.65. The van der Waals surface area contributed by atoms with E-state index in [-0.39, 0.29) is 12.4 Å². The number of fused-ring (bicyclic) bond motifs is 1. The quantitative estimate of drug-likeness (QED) is 0.489. The molecule has 0 unspecified atom stereocenters. The fourth-order valence-electron chi connectivity index (χ4n) is 2.01. The maximum atomic E-state index is 12.4. The van der Waals surface area contributed by atoms with Gasteiger partial charge in [-0.25, -0.2) is 4.79 Å². The van der Waals surface area contributed by atoms with Crippen LogP contribution in [0.4, 0.5) is 4.79 Å². The van der Waals surface area contributed by atoms with Gasteiger partial charge in [-0.15, -0.1) is 11.8 Å². The molecule has 0 amide bonds. The number of rotatable bonds is 4. The lowest BCUT2D eigenvalue weighted by Crippen LogP contribution is -2.27. The van der Waals surface area contributed by atoms with E-state index in [2.05, 4.69) is 25.8 Å². The third-order valence-electron chi connectivity index (χ3n) is 3.06. The zero-order valence-corrected chi connectivity index (χ0v) is 17.4. The molecule has 6 nitrogen and oxygen atoms in total. The molecule has 2 rings (SSSR count). The van der Waals surface area contributed by atoms with Crippen molar-refractivity contribution in [3.8, 4) is 0 Å². The van der Waals surface area contributed by atoms with Gasteiger partial charge in [-0.3, -0.25) is 4.79 Å². The molecule has 0 radical (unpaired) electrons. The number of carbonyl (C=O) groups excluding carboxylic acids is 2. The summed E-state index contributed by atoms with van der Waals surface area (Å²) >= 11 is 11.2. The van der Waals surface area contributed by atoms with E-state index < -0.39 is 11.7 Å². The second kappa shape index (κ2) is 7.97. The van der Waals surface area contributed by atoms with Crippen LogP contribution in [0.1, 0.15) is 27.2 Å². The molecule has 0 fully saturated rings. The highest BCUT2D eigenvalue weighted by Crippen LogP contribution is 2.37. The largest absolute Gasteiger partial charge is 0.469 e. The summed E-state index contributed by atoms with van der Waals surface area (Å²) in [4.78, 5) is 24.4. The first-order valence-electron chi connectivity index (χ1n) is 7.43. The van der Waals surface area contributed by atoms with Crippen LogP contribution >= 0.6 is 39.3 Å². The van der Waals surface area contributed by atoms with Crippen molar-refractivity contribution in [3.05, 3.63) is 21.8 Å². The van der Waals surface area contributed by atoms with Crippen LogP contribution in [0, 0.1) is 0 Å². The highest BCUT2D eigenvalue weighted by Gasteiger charge is 2.24. The molecule has 1 aromatic heterocycles. The summed E-state index contributed by atoms with van der Waals surface area (Å²) in [5.74, 6) is 0.228. The van der Waals surface area contributed by atoms with Gasteiger partial charge in [0.15, 0.2) is 0 Å². The molecule has 0 bridgehead atoms. The van der Waals surface area contributed by atoms with Crippen LogP contribution in [-0.2, 0) is 14.3 Å². The Morgan fingerprint density at radius 2 is 2.04 bits per heavy atom. The highest BCUT2D eigenvalue weighted by molar-refractivity contribution is 9.10. The molecule has 0 saturated carbocycles. The lowest BCUT2D eigenvalue weighted by atomic mass is 10.2. The van der Waals surface area contributed by atoms with Crippen molar-refractivity contribution in [2.45, 2.75) is 37.7 Å². The molecule has 9 heteroatoms. The van der Waals surface area contributed by atoms with Gasteiger partial charge in [-0.1, -0.05) is 11.6 Å². The molecule has 136 valence electrons. The minimum Gasteiger partial charge on any atom is -0.469 e. The molecule has 2 aromatic rings. The summed E-state index contributed by atoms with van der Waals surface area (Å²) in [7, 11) is 1.35. The number of carbonyl (C=O) groups is 2. The van der Waals surface area contributed by atoms with Crippen molar-refractivity contribution >= 4 is 62.3 Å². The van der Waals surface area contributed by atoms with Gasteiger partial charge in [-0.2, -0.15) is 9.78 Å². The normalized spacial score (nSPS) is 11.6. The van der Waals surface area contributed by atoms with Gasteiger partial charge < -0.3 is 9.47 Å². The second-order valence-electron chi connectivity index (χ2n) is 6.13. The number of nitrogens with zero attached hydrogens (tertiary/aromatic N) is 2. The van der Waals surface area contributed by atoms with Gasteiger partial charge >= 0.3 is 12.1 Å². The number of ether oxygens (including phenoxy) is 2. The lowest BCUT2D eigenvalue weighted by molar-refractivity contribution is -0.140. The summed E-state index contributed by atoms with van der Waals surface area (Å²) in [5, 5.41) is 5.28. The van der Waals surface area contributed by atoms with E-state index >= 15 is 0 Å². The van der Waals surface area contributed by atoms with E-state index in [0.29, 0.717) is 26.3 Å². The average Bonchev–Trinajstić information content (AvgIpc) is 2.85. The molecular formula is C16H18BrClN2O4S. The third kappa shape index (κ3) is 4.89. The number of benzene rings is 1. The van der Waals surface area contributed by atoms with Gasteiger partial charge in [0.2, 0.25) is 0 Å². The first-order chi connectivity index (χ1) is 11.6. The monoisotopic (exact) mass is 448 g/mol. The number of aromatic nitrogens is 2. The molecule has 1 heterocycles. The number of hydrogen-bond acceptors (Lipinski definition) is 6. The van der Waals surface area contributed by atoms with Crippen molar-refractivity contribution < 1.29 is 19.1 Å². The van der Waals surface area contributed by atoms with Crippen LogP contribution in [-0.4, -0.2) is 40.3 Å². The van der Waals surface area contributed by atoms with Crippen molar-refractivity contribution in [1.29, 1.82) is 0 Å². The molecule has 0 aliphatic carbocycles. The number of esters is 1. The number of halogens is 2.